The first-order valence-corrected chi connectivity index (χ1v) is 21.3. The minimum atomic E-state index is -2.30. The average Bonchev–Trinajstić information content (AvgIpc) is 3.88. The van der Waals surface area contributed by atoms with E-state index in [4.69, 9.17) is 18.9 Å². The Morgan fingerprint density at radius 1 is 0.915 bits per heavy atom. The van der Waals surface area contributed by atoms with E-state index in [0.29, 0.717) is 63.1 Å². The molecule has 1 spiro atoms. The van der Waals surface area contributed by atoms with E-state index in [2.05, 4.69) is 50.8 Å². The largest absolute Gasteiger partial charge is 0.496 e. The maximum absolute atomic E-state index is 15.3. The highest BCUT2D eigenvalue weighted by atomic mass is 16.6. The lowest BCUT2D eigenvalue weighted by atomic mass is 9.47. The van der Waals surface area contributed by atoms with Gasteiger partial charge in [-0.3, -0.25) is 14.6 Å². The first-order valence-electron chi connectivity index (χ1n) is 21.3. The van der Waals surface area contributed by atoms with Gasteiger partial charge in [0.05, 0.1) is 39.0 Å². The van der Waals surface area contributed by atoms with E-state index in [-0.39, 0.29) is 18.0 Å². The van der Waals surface area contributed by atoms with Crippen molar-refractivity contribution in [2.75, 3.05) is 59.5 Å². The maximum Gasteiger partial charge on any atom is 0.344 e. The van der Waals surface area contributed by atoms with Crippen molar-refractivity contribution in [1.82, 2.24) is 14.4 Å². The number of esters is 3. The predicted octanol–water partition coefficient (Wildman–Crippen LogP) is 3.98. The van der Waals surface area contributed by atoms with Crippen LogP contribution in [0.25, 0.3) is 10.9 Å². The highest BCUT2D eigenvalue weighted by Crippen LogP contribution is 2.68. The van der Waals surface area contributed by atoms with Crippen LogP contribution in [0.2, 0.25) is 0 Å². The standard InChI is InChI=1S/C46H56N4O9/c1-8-42(54)23-27-24-45(40(52)57-6,50-32-14-11-10-13-28(32)29-15-19-49(25-42)35(27)36(29)50)31-21-30-33(22-34(31)56-5)47(4)38-44(30)17-20-48-18-12-16-43(9-2,37(44)48)39(59-26(3)51)46(38,55)41(53)58-7/h10-14,16,21-22,27,35,37-39,54-55H,8-9,15,17-20,23-25H2,1-7H3/t27-,35-,37-,38+,39+,42-,43+,44+,45-,46-/m0/s1. The third-order valence-corrected chi connectivity index (χ3v) is 16.2. The number of para-hydroxylation sites is 1. The van der Waals surface area contributed by atoms with Gasteiger partial charge in [-0.15, -0.1) is 0 Å². The zero-order valence-electron chi connectivity index (χ0n) is 35.1. The van der Waals surface area contributed by atoms with Gasteiger partial charge in [0.2, 0.25) is 5.60 Å². The van der Waals surface area contributed by atoms with Crippen LogP contribution in [0, 0.1) is 11.3 Å². The van der Waals surface area contributed by atoms with E-state index in [9.17, 15) is 19.8 Å². The summed E-state index contributed by atoms with van der Waals surface area (Å²) in [5.41, 5.74) is -1.01. The number of ether oxygens (including phenoxy) is 4. The molecule has 13 nitrogen and oxygen atoms in total. The zero-order valence-corrected chi connectivity index (χ0v) is 35.1. The Bertz CT molecular complexity index is 2340. The molecule has 3 aromatic rings. The second-order valence-electron chi connectivity index (χ2n) is 18.4. The number of likely N-dealkylation sites (N-methyl/N-ethyl adjacent to an activating group) is 1. The normalized spacial score (nSPS) is 37.6. The SMILES string of the molecule is CC[C@]1(O)C[C@H]2C[C@@](C(=O)OC)(c3cc4c(cc3OC)N(C)[C@H]3[C@@](O)(C(=O)OC)[C@H](OC(C)=O)[C@]5(CC)C=CCN6CC[C@]43[C@@H]65)n3c4c(c5ccccc53)CCN(C1)[C@H]42. The third kappa shape index (κ3) is 4.52. The lowest BCUT2D eigenvalue weighted by molar-refractivity contribution is -0.228. The molecule has 2 aromatic carbocycles. The van der Waals surface area contributed by atoms with Crippen LogP contribution in [0.3, 0.4) is 0 Å². The van der Waals surface area contributed by atoms with Crippen LogP contribution >= 0.6 is 0 Å². The van der Waals surface area contributed by atoms with Crippen LogP contribution < -0.4 is 9.64 Å². The Hall–Kier alpha value is -4.43. The quantitative estimate of drug-likeness (QED) is 0.203. The van der Waals surface area contributed by atoms with E-state index < -0.39 is 57.6 Å². The molecule has 3 fully saturated rings. The molecular weight excluding hydrogens is 753 g/mol. The average molecular weight is 809 g/mol. The molecule has 1 aromatic heterocycles. The molecule has 0 radical (unpaired) electrons. The van der Waals surface area contributed by atoms with Gasteiger partial charge in [-0.2, -0.15) is 0 Å². The molecule has 0 unspecified atom stereocenters. The molecule has 2 saturated heterocycles. The Labute approximate surface area is 344 Å². The van der Waals surface area contributed by atoms with Gasteiger partial charge in [-0.1, -0.05) is 44.2 Å². The van der Waals surface area contributed by atoms with Crippen molar-refractivity contribution in [2.45, 2.75) is 106 Å². The lowest BCUT2D eigenvalue weighted by Crippen LogP contribution is -2.81. The summed E-state index contributed by atoms with van der Waals surface area (Å²) in [6.45, 7) is 8.06. The fourth-order valence-corrected chi connectivity index (χ4v) is 14.3. The van der Waals surface area contributed by atoms with E-state index in [1.165, 1.54) is 26.7 Å². The number of hydrogen-bond acceptors (Lipinski definition) is 12. The highest BCUT2D eigenvalue weighted by molar-refractivity contribution is 5.94. The topological polar surface area (TPSA) is 143 Å². The monoisotopic (exact) mass is 808 g/mol. The minimum absolute atomic E-state index is 0.000474. The number of anilines is 1. The summed E-state index contributed by atoms with van der Waals surface area (Å²) in [7, 11) is 6.18. The molecule has 10 atom stereocenters. The van der Waals surface area contributed by atoms with Crippen LogP contribution in [0.1, 0.15) is 81.3 Å². The van der Waals surface area contributed by atoms with Crippen molar-refractivity contribution >= 4 is 34.5 Å². The Morgan fingerprint density at radius 2 is 1.68 bits per heavy atom. The lowest BCUT2D eigenvalue weighted by Gasteiger charge is -2.63. The molecule has 7 aliphatic rings. The van der Waals surface area contributed by atoms with Gasteiger partial charge in [-0.25, -0.2) is 9.59 Å². The van der Waals surface area contributed by atoms with Gasteiger partial charge >= 0.3 is 17.9 Å². The summed E-state index contributed by atoms with van der Waals surface area (Å²) >= 11 is 0. The second-order valence-corrected chi connectivity index (χ2v) is 18.4. The minimum Gasteiger partial charge on any atom is -0.496 e. The highest BCUT2D eigenvalue weighted by Gasteiger charge is 2.80. The fraction of sp³-hybridized carbons (Fsp3) is 0.587. The van der Waals surface area contributed by atoms with Gasteiger partial charge in [-0.05, 0) is 74.2 Å². The van der Waals surface area contributed by atoms with Crippen molar-refractivity contribution in [2.24, 2.45) is 11.3 Å². The van der Waals surface area contributed by atoms with Crippen LogP contribution in [0.15, 0.2) is 48.6 Å². The molecule has 1 aliphatic carbocycles. The number of aliphatic hydroxyl groups is 2. The Morgan fingerprint density at radius 3 is 2.37 bits per heavy atom. The maximum atomic E-state index is 15.3. The number of nitrogens with zero attached hydrogens (tertiary/aromatic N) is 4. The van der Waals surface area contributed by atoms with E-state index in [1.807, 2.05) is 37.9 Å². The van der Waals surface area contributed by atoms with Gasteiger partial charge in [0.25, 0.3) is 0 Å². The number of methoxy groups -OCH3 is 3. The molecule has 10 rings (SSSR count). The molecule has 2 N–H and O–H groups in total. The first-order chi connectivity index (χ1) is 28.3. The molecule has 0 bridgehead atoms. The van der Waals surface area contributed by atoms with E-state index >= 15 is 4.79 Å². The van der Waals surface area contributed by atoms with Crippen molar-refractivity contribution in [1.29, 1.82) is 0 Å². The number of aromatic nitrogens is 1. The van der Waals surface area contributed by atoms with E-state index in [0.717, 1.165) is 40.8 Å². The molecule has 1 saturated carbocycles. The van der Waals surface area contributed by atoms with Gasteiger partial charge in [0.15, 0.2) is 11.6 Å². The number of benzene rings is 2. The number of hydrogen-bond donors (Lipinski definition) is 2. The van der Waals surface area contributed by atoms with Crippen molar-refractivity contribution in [3.8, 4) is 5.75 Å². The molecule has 6 aliphatic heterocycles. The van der Waals surface area contributed by atoms with Crippen LogP contribution in [0.4, 0.5) is 5.69 Å². The Balaban J connectivity index is 1.29. The smallest absolute Gasteiger partial charge is 0.344 e. The summed E-state index contributed by atoms with van der Waals surface area (Å²) in [4.78, 5) is 49.5. The number of carbonyl (C=O) groups is 3. The predicted molar refractivity (Wildman–Crippen MR) is 218 cm³/mol. The molecule has 0 amide bonds. The number of carbonyl (C=O) groups excluding carboxylic acids is 3. The summed E-state index contributed by atoms with van der Waals surface area (Å²) in [5, 5.41) is 26.5. The van der Waals surface area contributed by atoms with Crippen LogP contribution in [0.5, 0.6) is 5.75 Å². The van der Waals surface area contributed by atoms with Crippen molar-refractivity contribution in [3.63, 3.8) is 0 Å². The summed E-state index contributed by atoms with van der Waals surface area (Å²) < 4.78 is 26.2. The number of rotatable bonds is 7. The fourth-order valence-electron chi connectivity index (χ4n) is 14.3. The summed E-state index contributed by atoms with van der Waals surface area (Å²) in [6, 6.07) is 11.2. The first kappa shape index (κ1) is 38.8. The van der Waals surface area contributed by atoms with Crippen molar-refractivity contribution < 1.29 is 43.5 Å². The molecule has 59 heavy (non-hydrogen) atoms. The molecule has 314 valence electrons. The Kier molecular flexibility index (Phi) is 8.40. The molecule has 13 heteroatoms. The van der Waals surface area contributed by atoms with Crippen LogP contribution in [-0.4, -0.2) is 126 Å². The zero-order chi connectivity index (χ0) is 41.6. The third-order valence-electron chi connectivity index (χ3n) is 16.2. The van der Waals surface area contributed by atoms with Crippen LogP contribution in [-0.2, 0) is 46.0 Å². The van der Waals surface area contributed by atoms with Crippen molar-refractivity contribution in [3.05, 3.63) is 70.9 Å². The van der Waals surface area contributed by atoms with Gasteiger partial charge in [0.1, 0.15) is 5.75 Å². The summed E-state index contributed by atoms with van der Waals surface area (Å²) in [5.74, 6) is -1.53. The second kappa shape index (κ2) is 12.8. The number of piperidine rings is 1. The summed E-state index contributed by atoms with van der Waals surface area (Å²) in [6.07, 6.45) is 6.15. The van der Waals surface area contributed by atoms with E-state index in [1.54, 1.807) is 7.11 Å². The molecule has 7 heterocycles. The van der Waals surface area contributed by atoms with Gasteiger partial charge < -0.3 is 38.6 Å². The molecular formula is C46H56N4O9. The number of fused-ring (bicyclic) bond motifs is 4. The van der Waals surface area contributed by atoms with Gasteiger partial charge in [0, 0.05) is 84.4 Å².